The number of benzene rings is 3. The molecule has 0 aliphatic carbocycles. The van der Waals surface area contributed by atoms with Crippen LogP contribution >= 0.6 is 0 Å². The number of carbonyl (C=O) groups excluding carboxylic acids is 1. The maximum absolute atomic E-state index is 12.3. The van der Waals surface area contributed by atoms with Gasteiger partial charge in [0, 0.05) is 16.7 Å². The fraction of sp³-hybridized carbons (Fsp3) is 0.0476. The summed E-state index contributed by atoms with van der Waals surface area (Å²) in [7, 11) is 1.63. The minimum atomic E-state index is -0.248. The molecule has 4 nitrogen and oxygen atoms in total. The van der Waals surface area contributed by atoms with Crippen molar-refractivity contribution in [1.82, 2.24) is 5.43 Å². The zero-order chi connectivity index (χ0) is 17.5. The number of hydrazone groups is 1. The largest absolute Gasteiger partial charge is 0.497 e. The van der Waals surface area contributed by atoms with Crippen molar-refractivity contribution in [3.63, 3.8) is 0 Å². The van der Waals surface area contributed by atoms with E-state index < -0.39 is 0 Å². The lowest BCUT2D eigenvalue weighted by Crippen LogP contribution is -2.20. The second-order valence-electron chi connectivity index (χ2n) is 5.36. The molecule has 1 amide bonds. The van der Waals surface area contributed by atoms with Crippen molar-refractivity contribution in [2.24, 2.45) is 5.10 Å². The summed E-state index contributed by atoms with van der Waals surface area (Å²) in [5.41, 5.74) is 5.70. The second-order valence-corrected chi connectivity index (χ2v) is 5.36. The molecule has 3 rings (SSSR count). The summed E-state index contributed by atoms with van der Waals surface area (Å²) in [5.74, 6) is 0.520. The fourth-order valence-electron chi connectivity index (χ4n) is 2.40. The van der Waals surface area contributed by atoms with Crippen molar-refractivity contribution in [2.45, 2.75) is 0 Å². The second kappa shape index (κ2) is 7.93. The lowest BCUT2D eigenvalue weighted by atomic mass is 10.0. The highest BCUT2D eigenvalue weighted by atomic mass is 16.5. The number of hydrogen-bond acceptors (Lipinski definition) is 3. The molecule has 1 N–H and O–H groups in total. The van der Waals surface area contributed by atoms with Gasteiger partial charge in [-0.05, 0) is 36.4 Å². The van der Waals surface area contributed by atoms with Crippen LogP contribution in [-0.2, 0) is 0 Å². The average molecular weight is 330 g/mol. The van der Waals surface area contributed by atoms with E-state index in [0.29, 0.717) is 11.3 Å². The van der Waals surface area contributed by atoms with E-state index in [0.717, 1.165) is 16.9 Å². The molecule has 0 aliphatic heterocycles. The van der Waals surface area contributed by atoms with Crippen molar-refractivity contribution in [1.29, 1.82) is 0 Å². The zero-order valence-corrected chi connectivity index (χ0v) is 13.8. The highest BCUT2D eigenvalue weighted by molar-refractivity contribution is 6.13. The minimum absolute atomic E-state index is 0.248. The topological polar surface area (TPSA) is 50.7 Å². The van der Waals surface area contributed by atoms with Crippen LogP contribution in [0.1, 0.15) is 21.5 Å². The molecule has 0 radical (unpaired) electrons. The lowest BCUT2D eigenvalue weighted by Gasteiger charge is -2.09. The maximum Gasteiger partial charge on any atom is 0.271 e. The third-order valence-corrected chi connectivity index (χ3v) is 3.72. The van der Waals surface area contributed by atoms with Gasteiger partial charge in [-0.3, -0.25) is 4.79 Å². The Morgan fingerprint density at radius 3 is 1.84 bits per heavy atom. The predicted molar refractivity (Wildman–Crippen MR) is 99.0 cm³/mol. The van der Waals surface area contributed by atoms with Crippen LogP contribution in [0.5, 0.6) is 5.75 Å². The lowest BCUT2D eigenvalue weighted by molar-refractivity contribution is 0.0955. The Hall–Kier alpha value is -3.40. The van der Waals surface area contributed by atoms with Gasteiger partial charge in [-0.2, -0.15) is 5.10 Å². The standard InChI is InChI=1S/C21H18N2O2/c1-25-19-14-12-17(13-15-19)20(16-8-4-2-5-9-16)22-23-21(24)18-10-6-3-7-11-18/h2-15H,1H3,(H,23,24)/b22-20-. The van der Waals surface area contributed by atoms with Gasteiger partial charge in [-0.15, -0.1) is 0 Å². The molecule has 3 aromatic rings. The van der Waals surface area contributed by atoms with Crippen LogP contribution in [0.3, 0.4) is 0 Å². The molecule has 0 atom stereocenters. The third kappa shape index (κ3) is 4.12. The Labute approximate surface area is 146 Å². The fourth-order valence-corrected chi connectivity index (χ4v) is 2.40. The zero-order valence-electron chi connectivity index (χ0n) is 13.8. The van der Waals surface area contributed by atoms with Gasteiger partial charge in [0.2, 0.25) is 0 Å². The van der Waals surface area contributed by atoms with E-state index >= 15 is 0 Å². The van der Waals surface area contributed by atoms with Crippen molar-refractivity contribution < 1.29 is 9.53 Å². The number of hydrogen-bond donors (Lipinski definition) is 1. The first-order valence-electron chi connectivity index (χ1n) is 7.91. The van der Waals surface area contributed by atoms with Gasteiger partial charge in [-0.25, -0.2) is 5.43 Å². The Bertz CT molecular complexity index is 857. The molecule has 124 valence electrons. The van der Waals surface area contributed by atoms with E-state index in [1.807, 2.05) is 72.8 Å². The number of nitrogens with zero attached hydrogens (tertiary/aromatic N) is 1. The highest BCUT2D eigenvalue weighted by Gasteiger charge is 2.09. The van der Waals surface area contributed by atoms with Crippen molar-refractivity contribution in [2.75, 3.05) is 7.11 Å². The van der Waals surface area contributed by atoms with Gasteiger partial charge in [-0.1, -0.05) is 48.5 Å². The monoisotopic (exact) mass is 330 g/mol. The van der Waals surface area contributed by atoms with Crippen LogP contribution in [0.15, 0.2) is 90.0 Å². The van der Waals surface area contributed by atoms with E-state index in [1.54, 1.807) is 19.2 Å². The van der Waals surface area contributed by atoms with Crippen LogP contribution in [0.2, 0.25) is 0 Å². The van der Waals surface area contributed by atoms with Crippen LogP contribution in [0.25, 0.3) is 0 Å². The summed E-state index contributed by atoms with van der Waals surface area (Å²) in [6.07, 6.45) is 0. The van der Waals surface area contributed by atoms with Crippen LogP contribution in [0.4, 0.5) is 0 Å². The molecule has 0 aromatic heterocycles. The number of rotatable bonds is 5. The van der Waals surface area contributed by atoms with Gasteiger partial charge >= 0.3 is 0 Å². The summed E-state index contributed by atoms with van der Waals surface area (Å²) in [4.78, 5) is 12.3. The number of ether oxygens (including phenoxy) is 1. The molecule has 0 unspecified atom stereocenters. The number of nitrogens with one attached hydrogen (secondary N) is 1. The normalized spacial score (nSPS) is 11.0. The van der Waals surface area contributed by atoms with E-state index in [4.69, 9.17) is 4.74 Å². The van der Waals surface area contributed by atoms with Gasteiger partial charge in [0.05, 0.1) is 12.8 Å². The maximum atomic E-state index is 12.3. The molecule has 0 fully saturated rings. The molecule has 0 bridgehead atoms. The first kappa shape index (κ1) is 16.5. The minimum Gasteiger partial charge on any atom is -0.497 e. The van der Waals surface area contributed by atoms with Gasteiger partial charge in [0.15, 0.2) is 0 Å². The smallest absolute Gasteiger partial charge is 0.271 e. The molecular weight excluding hydrogens is 312 g/mol. The average Bonchev–Trinajstić information content (AvgIpc) is 2.70. The molecule has 0 aliphatic rings. The Balaban J connectivity index is 1.92. The summed E-state index contributed by atoms with van der Waals surface area (Å²) < 4.78 is 5.20. The Morgan fingerprint density at radius 2 is 1.28 bits per heavy atom. The molecule has 0 spiro atoms. The van der Waals surface area contributed by atoms with Gasteiger partial charge < -0.3 is 4.74 Å². The molecule has 0 saturated heterocycles. The molecule has 25 heavy (non-hydrogen) atoms. The van der Waals surface area contributed by atoms with Crippen LogP contribution < -0.4 is 10.2 Å². The summed E-state index contributed by atoms with van der Waals surface area (Å²) in [6.45, 7) is 0. The molecule has 0 saturated carbocycles. The summed E-state index contributed by atoms with van der Waals surface area (Å²) in [6, 6.07) is 26.3. The van der Waals surface area contributed by atoms with Crippen molar-refractivity contribution in [3.05, 3.63) is 102 Å². The van der Waals surface area contributed by atoms with E-state index in [-0.39, 0.29) is 5.91 Å². The number of amides is 1. The van der Waals surface area contributed by atoms with E-state index in [9.17, 15) is 4.79 Å². The quantitative estimate of drug-likeness (QED) is 0.570. The molecule has 3 aromatic carbocycles. The first-order valence-corrected chi connectivity index (χ1v) is 7.91. The van der Waals surface area contributed by atoms with Gasteiger partial charge in [0.1, 0.15) is 5.75 Å². The molecule has 0 heterocycles. The van der Waals surface area contributed by atoms with Gasteiger partial charge in [0.25, 0.3) is 5.91 Å². The van der Waals surface area contributed by atoms with Crippen LogP contribution in [-0.4, -0.2) is 18.7 Å². The summed E-state index contributed by atoms with van der Waals surface area (Å²) in [5, 5.41) is 4.37. The highest BCUT2D eigenvalue weighted by Crippen LogP contribution is 2.15. The molecular formula is C21H18N2O2. The Morgan fingerprint density at radius 1 is 0.760 bits per heavy atom. The SMILES string of the molecule is COc1ccc(/C(=N\NC(=O)c2ccccc2)c2ccccc2)cc1. The van der Waals surface area contributed by atoms with Crippen molar-refractivity contribution >= 4 is 11.6 Å². The molecule has 4 heteroatoms. The number of methoxy groups -OCH3 is 1. The van der Waals surface area contributed by atoms with E-state index in [2.05, 4.69) is 10.5 Å². The van der Waals surface area contributed by atoms with Crippen LogP contribution in [0, 0.1) is 0 Å². The van der Waals surface area contributed by atoms with Crippen molar-refractivity contribution in [3.8, 4) is 5.75 Å². The Kier molecular flexibility index (Phi) is 5.22. The predicted octanol–water partition coefficient (Wildman–Crippen LogP) is 3.88. The number of carbonyl (C=O) groups is 1. The summed E-state index contributed by atoms with van der Waals surface area (Å²) >= 11 is 0. The third-order valence-electron chi connectivity index (χ3n) is 3.72. The first-order chi connectivity index (χ1) is 12.3. The van der Waals surface area contributed by atoms with E-state index in [1.165, 1.54) is 0 Å².